The lowest BCUT2D eigenvalue weighted by Crippen LogP contribution is -2.19. The SMILES string of the molecule is C=C(Br)COc1ccc(C2=CCNCC2)cc1. The molecule has 1 aliphatic rings. The minimum Gasteiger partial charge on any atom is -0.488 e. The molecule has 3 heteroatoms. The van der Waals surface area contributed by atoms with E-state index in [0.29, 0.717) is 6.61 Å². The summed E-state index contributed by atoms with van der Waals surface area (Å²) in [5.41, 5.74) is 2.71. The zero-order valence-corrected chi connectivity index (χ0v) is 11.3. The molecule has 90 valence electrons. The first kappa shape index (κ1) is 12.4. The Morgan fingerprint density at radius 3 is 2.71 bits per heavy atom. The summed E-state index contributed by atoms with van der Waals surface area (Å²) in [7, 11) is 0. The van der Waals surface area contributed by atoms with Gasteiger partial charge in [0, 0.05) is 11.0 Å². The number of halogens is 1. The van der Waals surface area contributed by atoms with Gasteiger partial charge in [0.05, 0.1) is 0 Å². The fourth-order valence-electron chi connectivity index (χ4n) is 1.81. The molecule has 1 aliphatic heterocycles. The van der Waals surface area contributed by atoms with Crippen molar-refractivity contribution in [2.24, 2.45) is 0 Å². The largest absolute Gasteiger partial charge is 0.488 e. The molecule has 1 aromatic carbocycles. The Hall–Kier alpha value is -1.06. The predicted octanol–water partition coefficient (Wildman–Crippen LogP) is 3.35. The van der Waals surface area contributed by atoms with Crippen LogP contribution >= 0.6 is 15.9 Å². The molecule has 0 saturated heterocycles. The quantitative estimate of drug-likeness (QED) is 0.919. The third kappa shape index (κ3) is 3.72. The highest BCUT2D eigenvalue weighted by molar-refractivity contribution is 9.11. The smallest absolute Gasteiger partial charge is 0.119 e. The van der Waals surface area contributed by atoms with E-state index in [1.807, 2.05) is 12.1 Å². The van der Waals surface area contributed by atoms with E-state index in [4.69, 9.17) is 4.74 Å². The maximum absolute atomic E-state index is 5.53. The van der Waals surface area contributed by atoms with E-state index >= 15 is 0 Å². The van der Waals surface area contributed by atoms with Crippen molar-refractivity contribution in [3.63, 3.8) is 0 Å². The van der Waals surface area contributed by atoms with Crippen molar-refractivity contribution in [3.8, 4) is 5.75 Å². The average Bonchev–Trinajstić information content (AvgIpc) is 2.38. The number of ether oxygens (including phenoxy) is 1. The minimum absolute atomic E-state index is 0.506. The number of rotatable bonds is 4. The van der Waals surface area contributed by atoms with E-state index in [-0.39, 0.29) is 0 Å². The van der Waals surface area contributed by atoms with Gasteiger partial charge in [-0.2, -0.15) is 0 Å². The van der Waals surface area contributed by atoms with Crippen LogP contribution in [0.1, 0.15) is 12.0 Å². The van der Waals surface area contributed by atoms with Crippen LogP contribution in [-0.2, 0) is 0 Å². The normalized spacial score (nSPS) is 15.2. The van der Waals surface area contributed by atoms with E-state index < -0.39 is 0 Å². The van der Waals surface area contributed by atoms with Gasteiger partial charge in [-0.25, -0.2) is 0 Å². The van der Waals surface area contributed by atoms with E-state index in [0.717, 1.165) is 29.7 Å². The second kappa shape index (κ2) is 6.03. The fraction of sp³-hybridized carbons (Fsp3) is 0.286. The van der Waals surface area contributed by atoms with Crippen LogP contribution in [0.2, 0.25) is 0 Å². The van der Waals surface area contributed by atoms with Crippen LogP contribution in [0, 0.1) is 0 Å². The summed E-state index contributed by atoms with van der Waals surface area (Å²) in [6.45, 7) is 6.27. The van der Waals surface area contributed by atoms with Gasteiger partial charge in [-0.15, -0.1) is 0 Å². The molecule has 1 aromatic rings. The number of benzene rings is 1. The van der Waals surface area contributed by atoms with Crippen molar-refractivity contribution in [2.75, 3.05) is 19.7 Å². The Labute approximate surface area is 110 Å². The second-order valence-corrected chi connectivity index (χ2v) is 5.14. The fourth-order valence-corrected chi connectivity index (χ4v) is 1.93. The molecule has 17 heavy (non-hydrogen) atoms. The molecular weight excluding hydrogens is 278 g/mol. The molecule has 1 N–H and O–H groups in total. The van der Waals surface area contributed by atoms with E-state index in [9.17, 15) is 0 Å². The van der Waals surface area contributed by atoms with Gasteiger partial charge >= 0.3 is 0 Å². The summed E-state index contributed by atoms with van der Waals surface area (Å²) in [5.74, 6) is 0.879. The molecule has 0 saturated carbocycles. The molecule has 0 atom stereocenters. The molecular formula is C14H16BrNO. The molecule has 0 bridgehead atoms. The second-order valence-electron chi connectivity index (χ2n) is 4.01. The summed E-state index contributed by atoms with van der Waals surface area (Å²) < 4.78 is 6.38. The minimum atomic E-state index is 0.506. The Bertz CT molecular complexity index is 422. The number of hydrogen-bond donors (Lipinski definition) is 1. The lowest BCUT2D eigenvalue weighted by Gasteiger charge is -2.14. The van der Waals surface area contributed by atoms with Crippen LogP contribution in [0.15, 0.2) is 41.4 Å². The van der Waals surface area contributed by atoms with Crippen LogP contribution in [-0.4, -0.2) is 19.7 Å². The highest BCUT2D eigenvalue weighted by atomic mass is 79.9. The topological polar surface area (TPSA) is 21.3 Å². The van der Waals surface area contributed by atoms with Gasteiger partial charge in [-0.1, -0.05) is 40.7 Å². The van der Waals surface area contributed by atoms with Crippen molar-refractivity contribution in [2.45, 2.75) is 6.42 Å². The Morgan fingerprint density at radius 1 is 1.35 bits per heavy atom. The van der Waals surface area contributed by atoms with E-state index in [2.05, 4.69) is 46.0 Å². The number of nitrogens with one attached hydrogen (secondary N) is 1. The maximum Gasteiger partial charge on any atom is 0.119 e. The Morgan fingerprint density at radius 2 is 2.12 bits per heavy atom. The molecule has 1 heterocycles. The molecule has 0 amide bonds. The molecule has 0 fully saturated rings. The van der Waals surface area contributed by atoms with Crippen molar-refractivity contribution in [1.29, 1.82) is 0 Å². The lowest BCUT2D eigenvalue weighted by atomic mass is 10.0. The van der Waals surface area contributed by atoms with Crippen LogP contribution in [0.3, 0.4) is 0 Å². The van der Waals surface area contributed by atoms with Gasteiger partial charge in [0.1, 0.15) is 12.4 Å². The van der Waals surface area contributed by atoms with E-state index in [1.54, 1.807) is 0 Å². The van der Waals surface area contributed by atoms with Gasteiger partial charge in [-0.3, -0.25) is 0 Å². The molecule has 2 rings (SSSR count). The van der Waals surface area contributed by atoms with Crippen molar-refractivity contribution >= 4 is 21.5 Å². The van der Waals surface area contributed by atoms with Gasteiger partial charge in [0.2, 0.25) is 0 Å². The lowest BCUT2D eigenvalue weighted by molar-refractivity contribution is 0.361. The van der Waals surface area contributed by atoms with Gasteiger partial charge in [0.15, 0.2) is 0 Å². The summed E-state index contributed by atoms with van der Waals surface area (Å²) >= 11 is 3.27. The third-order valence-electron chi connectivity index (χ3n) is 2.68. The summed E-state index contributed by atoms with van der Waals surface area (Å²) in [6, 6.07) is 8.25. The van der Waals surface area contributed by atoms with Crippen molar-refractivity contribution in [1.82, 2.24) is 5.32 Å². The maximum atomic E-state index is 5.53. The standard InChI is InChI=1S/C14H16BrNO/c1-11(15)10-17-14-4-2-12(3-5-14)13-6-8-16-9-7-13/h2-6,16H,1,7-10H2. The molecule has 0 radical (unpaired) electrons. The van der Waals surface area contributed by atoms with Crippen LogP contribution in [0.4, 0.5) is 0 Å². The highest BCUT2D eigenvalue weighted by Gasteiger charge is 2.05. The van der Waals surface area contributed by atoms with Crippen LogP contribution in [0.25, 0.3) is 5.57 Å². The summed E-state index contributed by atoms with van der Waals surface area (Å²) in [4.78, 5) is 0. The molecule has 2 nitrogen and oxygen atoms in total. The van der Waals surface area contributed by atoms with E-state index in [1.165, 1.54) is 11.1 Å². The summed E-state index contributed by atoms with van der Waals surface area (Å²) in [6.07, 6.45) is 3.35. The highest BCUT2D eigenvalue weighted by Crippen LogP contribution is 2.22. The molecule has 0 aliphatic carbocycles. The summed E-state index contributed by atoms with van der Waals surface area (Å²) in [5, 5.41) is 3.31. The number of hydrogen-bond acceptors (Lipinski definition) is 2. The van der Waals surface area contributed by atoms with Crippen LogP contribution < -0.4 is 10.1 Å². The Balaban J connectivity index is 2.02. The first-order chi connectivity index (χ1) is 8.25. The van der Waals surface area contributed by atoms with Crippen molar-refractivity contribution < 1.29 is 4.74 Å². The zero-order valence-electron chi connectivity index (χ0n) is 9.71. The average molecular weight is 294 g/mol. The van der Waals surface area contributed by atoms with Gasteiger partial charge < -0.3 is 10.1 Å². The molecule has 0 spiro atoms. The first-order valence-corrected chi connectivity index (χ1v) is 6.51. The third-order valence-corrected chi connectivity index (χ3v) is 2.91. The van der Waals surface area contributed by atoms with Crippen LogP contribution in [0.5, 0.6) is 5.75 Å². The van der Waals surface area contributed by atoms with Crippen molar-refractivity contribution in [3.05, 3.63) is 47.0 Å². The Kier molecular flexibility index (Phi) is 4.40. The monoisotopic (exact) mass is 293 g/mol. The van der Waals surface area contributed by atoms with Gasteiger partial charge in [-0.05, 0) is 36.2 Å². The van der Waals surface area contributed by atoms with Gasteiger partial charge in [0.25, 0.3) is 0 Å². The molecule has 0 unspecified atom stereocenters. The first-order valence-electron chi connectivity index (χ1n) is 5.72. The zero-order chi connectivity index (χ0) is 12.1. The molecule has 0 aromatic heterocycles. The predicted molar refractivity (Wildman–Crippen MR) is 75.5 cm³/mol.